The van der Waals surface area contributed by atoms with Crippen molar-refractivity contribution in [3.63, 3.8) is 0 Å². The highest BCUT2D eigenvalue weighted by Gasteiger charge is 2.63. The van der Waals surface area contributed by atoms with Gasteiger partial charge in [-0.05, 0) is 30.0 Å². The van der Waals surface area contributed by atoms with Gasteiger partial charge in [-0.15, -0.1) is 0 Å². The fraction of sp³-hybridized carbons (Fsp3) is 0.333. The van der Waals surface area contributed by atoms with E-state index < -0.39 is 41.1 Å². The van der Waals surface area contributed by atoms with Gasteiger partial charge in [-0.2, -0.15) is 13.2 Å². The number of nitrogens with one attached hydrogen (secondary N) is 2. The van der Waals surface area contributed by atoms with Crippen molar-refractivity contribution in [3.05, 3.63) is 70.8 Å². The maximum absolute atomic E-state index is 13.7. The molecule has 2 atom stereocenters. The lowest BCUT2D eigenvalue weighted by Gasteiger charge is -2.58. The number of aryl methyl sites for hydroxylation is 1. The van der Waals surface area contributed by atoms with Crippen LogP contribution in [-0.2, 0) is 27.8 Å². The van der Waals surface area contributed by atoms with Crippen molar-refractivity contribution in [3.8, 4) is 0 Å². The van der Waals surface area contributed by atoms with Gasteiger partial charge in [0.1, 0.15) is 11.6 Å². The summed E-state index contributed by atoms with van der Waals surface area (Å²) in [6.45, 7) is 0. The Labute approximate surface area is 159 Å². The van der Waals surface area contributed by atoms with E-state index in [1.807, 2.05) is 24.3 Å². The molecule has 7 heteroatoms. The Balaban J connectivity index is 1.74. The number of fused-ring (bicyclic) bond motifs is 3. The number of carbonyl (C=O) groups excluding carboxylic acids is 2. The van der Waals surface area contributed by atoms with Gasteiger partial charge in [-0.1, -0.05) is 42.5 Å². The Hall–Kier alpha value is -2.83. The summed E-state index contributed by atoms with van der Waals surface area (Å²) < 4.78 is 41.1. The molecule has 1 aliphatic carbocycles. The van der Waals surface area contributed by atoms with Crippen molar-refractivity contribution in [2.45, 2.75) is 30.6 Å². The molecule has 2 bridgehead atoms. The number of amides is 2. The Kier molecular flexibility index (Phi) is 3.45. The van der Waals surface area contributed by atoms with E-state index in [1.54, 1.807) is 0 Å². The quantitative estimate of drug-likeness (QED) is 0.740. The summed E-state index contributed by atoms with van der Waals surface area (Å²) in [5.41, 5.74) is -0.162. The molecule has 4 nitrogen and oxygen atoms in total. The average Bonchev–Trinajstić information content (AvgIpc) is 2.66. The Morgan fingerprint density at radius 2 is 1.57 bits per heavy atom. The van der Waals surface area contributed by atoms with E-state index in [1.165, 1.54) is 18.2 Å². The second kappa shape index (κ2) is 5.59. The zero-order valence-corrected chi connectivity index (χ0v) is 14.7. The maximum Gasteiger partial charge on any atom is 0.416 e. The largest absolute Gasteiger partial charge is 0.416 e. The molecule has 2 amide bonds. The van der Waals surface area contributed by atoms with Gasteiger partial charge in [0.05, 0.1) is 5.56 Å². The second-order valence-corrected chi connectivity index (χ2v) is 7.68. The molecule has 3 aliphatic heterocycles. The van der Waals surface area contributed by atoms with Crippen LogP contribution in [-0.4, -0.2) is 11.8 Å². The first kappa shape index (κ1) is 17.3. The highest BCUT2D eigenvalue weighted by atomic mass is 19.4. The van der Waals surface area contributed by atoms with Crippen molar-refractivity contribution in [1.29, 1.82) is 0 Å². The van der Waals surface area contributed by atoms with Gasteiger partial charge in [0, 0.05) is 17.4 Å². The molecule has 3 heterocycles. The molecule has 0 unspecified atom stereocenters. The van der Waals surface area contributed by atoms with E-state index in [0.717, 1.165) is 17.2 Å². The normalized spacial score (nSPS) is 30.9. The van der Waals surface area contributed by atoms with Crippen molar-refractivity contribution in [2.24, 2.45) is 11.8 Å². The van der Waals surface area contributed by atoms with E-state index in [9.17, 15) is 22.8 Å². The van der Waals surface area contributed by atoms with Gasteiger partial charge in [0.2, 0.25) is 11.8 Å². The number of hydrogen-bond acceptors (Lipinski definition) is 2. The zero-order chi connectivity index (χ0) is 19.7. The molecule has 2 aromatic rings. The predicted octanol–water partition coefficient (Wildman–Crippen LogP) is 3.08. The molecule has 4 aliphatic rings. The number of rotatable bonds is 1. The third kappa shape index (κ3) is 2.19. The molecule has 144 valence electrons. The monoisotopic (exact) mass is 386 g/mol. The third-order valence-electron chi connectivity index (χ3n) is 6.35. The number of benzene rings is 2. The third-order valence-corrected chi connectivity index (χ3v) is 6.35. The van der Waals surface area contributed by atoms with Crippen LogP contribution in [0.2, 0.25) is 0 Å². The molecule has 0 saturated carbocycles. The lowest BCUT2D eigenvalue weighted by atomic mass is 9.58. The molecular formula is C21H17F3N2O2. The van der Waals surface area contributed by atoms with Crippen LogP contribution in [0, 0.1) is 11.8 Å². The summed E-state index contributed by atoms with van der Waals surface area (Å²) >= 11 is 0. The topological polar surface area (TPSA) is 58.2 Å². The van der Waals surface area contributed by atoms with Crippen LogP contribution in [0.5, 0.6) is 0 Å². The van der Waals surface area contributed by atoms with Gasteiger partial charge in [0.15, 0.2) is 0 Å². The van der Waals surface area contributed by atoms with E-state index in [2.05, 4.69) is 10.6 Å². The number of hydrogen-bond donors (Lipinski definition) is 2. The minimum absolute atomic E-state index is 0.0263. The van der Waals surface area contributed by atoms with Crippen LogP contribution in [0.25, 0.3) is 0 Å². The summed E-state index contributed by atoms with van der Waals surface area (Å²) in [7, 11) is 0. The van der Waals surface area contributed by atoms with Crippen molar-refractivity contribution >= 4 is 11.8 Å². The van der Waals surface area contributed by atoms with Crippen LogP contribution in [0.1, 0.15) is 34.6 Å². The van der Waals surface area contributed by atoms with Gasteiger partial charge in [-0.25, -0.2) is 0 Å². The highest BCUT2D eigenvalue weighted by molar-refractivity contribution is 6.05. The molecule has 1 spiro atoms. The summed E-state index contributed by atoms with van der Waals surface area (Å²) in [4.78, 5) is 25.6. The summed E-state index contributed by atoms with van der Waals surface area (Å²) in [6, 6.07) is 12.8. The van der Waals surface area contributed by atoms with E-state index in [4.69, 9.17) is 0 Å². The SMILES string of the molecule is O=C1NC23NC(=O)C1[C@@H](c1ccccc1C(F)(F)F)[C@@H]2CCc1ccccc13. The van der Waals surface area contributed by atoms with Crippen LogP contribution in [0.3, 0.4) is 0 Å². The number of carbonyl (C=O) groups is 2. The van der Waals surface area contributed by atoms with Crippen LogP contribution in [0.4, 0.5) is 13.2 Å². The molecule has 28 heavy (non-hydrogen) atoms. The van der Waals surface area contributed by atoms with Gasteiger partial charge in [0.25, 0.3) is 0 Å². The summed E-state index contributed by atoms with van der Waals surface area (Å²) in [6.07, 6.45) is -3.29. The number of alkyl halides is 3. The first-order valence-corrected chi connectivity index (χ1v) is 9.21. The lowest BCUT2D eigenvalue weighted by molar-refractivity contribution is -0.159. The van der Waals surface area contributed by atoms with E-state index in [0.29, 0.717) is 12.8 Å². The van der Waals surface area contributed by atoms with Crippen molar-refractivity contribution in [2.75, 3.05) is 0 Å². The summed E-state index contributed by atoms with van der Waals surface area (Å²) in [5.74, 6) is -3.38. The number of piperidine rings is 2. The molecule has 2 N–H and O–H groups in total. The molecule has 0 radical (unpaired) electrons. The van der Waals surface area contributed by atoms with Crippen LogP contribution >= 0.6 is 0 Å². The Morgan fingerprint density at radius 1 is 0.929 bits per heavy atom. The van der Waals surface area contributed by atoms with Crippen molar-refractivity contribution in [1.82, 2.24) is 10.6 Å². The fourth-order valence-electron chi connectivity index (χ4n) is 5.31. The number of halogens is 3. The van der Waals surface area contributed by atoms with E-state index >= 15 is 0 Å². The molecule has 0 aromatic heterocycles. The van der Waals surface area contributed by atoms with Gasteiger partial charge >= 0.3 is 6.18 Å². The Morgan fingerprint density at radius 3 is 2.29 bits per heavy atom. The summed E-state index contributed by atoms with van der Waals surface area (Å²) in [5, 5.41) is 5.85. The second-order valence-electron chi connectivity index (χ2n) is 7.68. The maximum atomic E-state index is 13.7. The first-order valence-electron chi connectivity index (χ1n) is 9.21. The predicted molar refractivity (Wildman–Crippen MR) is 93.9 cm³/mol. The fourth-order valence-corrected chi connectivity index (χ4v) is 5.31. The minimum atomic E-state index is -4.56. The smallest absolute Gasteiger partial charge is 0.329 e. The highest BCUT2D eigenvalue weighted by Crippen LogP contribution is 2.55. The average molecular weight is 386 g/mol. The van der Waals surface area contributed by atoms with Gasteiger partial charge in [-0.3, -0.25) is 9.59 Å². The van der Waals surface area contributed by atoms with Crippen LogP contribution in [0.15, 0.2) is 48.5 Å². The molecule has 6 rings (SSSR count). The first-order chi connectivity index (χ1) is 13.3. The lowest BCUT2D eigenvalue weighted by Crippen LogP contribution is -2.77. The molecule has 3 saturated heterocycles. The van der Waals surface area contributed by atoms with Gasteiger partial charge < -0.3 is 10.6 Å². The standard InChI is InChI=1S/C21H17F3N2O2/c22-21(23,24)14-8-4-2-6-12(14)16-15-10-9-11-5-1-3-7-13(11)20(15)25-18(27)17(16)19(28)26-20/h1-8,15-17H,9-10H2,(H,25,27)(H,26,28)/t15-,16-,17?,20?/m0/s1. The molecule has 2 aromatic carbocycles. The van der Waals surface area contributed by atoms with E-state index in [-0.39, 0.29) is 11.5 Å². The van der Waals surface area contributed by atoms with Crippen LogP contribution < -0.4 is 10.6 Å². The molecule has 3 fully saturated rings. The van der Waals surface area contributed by atoms with Crippen molar-refractivity contribution < 1.29 is 22.8 Å². The zero-order valence-electron chi connectivity index (χ0n) is 14.7. The molecular weight excluding hydrogens is 369 g/mol. The Bertz CT molecular complexity index is 983. The minimum Gasteiger partial charge on any atom is -0.329 e.